The van der Waals surface area contributed by atoms with Crippen molar-refractivity contribution in [3.63, 3.8) is 0 Å². The molecule has 0 rings (SSSR count). The number of ether oxygens (including phenoxy) is 2. The predicted octanol–water partition coefficient (Wildman–Crippen LogP) is 0.250. The van der Waals surface area contributed by atoms with E-state index in [4.69, 9.17) is 19.5 Å². The minimum atomic E-state index is -4.42. The standard InChI is InChI=1S/C15H29N2O9P/c1-12(18)23-10-14(26-13(2)19)11-25-27(21,22)24-9-8-17-15(20)6-4-3-5-7-16/h14H,3-11,16H2,1-2H3,(H,17,20)(H,21,22)/t14-/m0/s1. The second-order valence-electron chi connectivity index (χ2n) is 5.58. The summed E-state index contributed by atoms with van der Waals surface area (Å²) in [5.41, 5.74) is 5.36. The Labute approximate surface area is 158 Å². The Hall–Kier alpha value is -1.52. The van der Waals surface area contributed by atoms with Crippen LogP contribution in [0.3, 0.4) is 0 Å². The van der Waals surface area contributed by atoms with Gasteiger partial charge in [-0.05, 0) is 19.4 Å². The molecule has 0 saturated carbocycles. The van der Waals surface area contributed by atoms with Gasteiger partial charge in [0.1, 0.15) is 6.61 Å². The Morgan fingerprint density at radius 1 is 1.07 bits per heavy atom. The fourth-order valence-electron chi connectivity index (χ4n) is 1.82. The van der Waals surface area contributed by atoms with Crippen molar-refractivity contribution in [3.8, 4) is 0 Å². The number of amides is 1. The lowest BCUT2D eigenvalue weighted by molar-refractivity contribution is -0.158. The van der Waals surface area contributed by atoms with Gasteiger partial charge in [0.15, 0.2) is 6.10 Å². The third kappa shape index (κ3) is 16.4. The van der Waals surface area contributed by atoms with Gasteiger partial charge in [-0.3, -0.25) is 23.4 Å². The molecule has 0 aliphatic rings. The highest BCUT2D eigenvalue weighted by Crippen LogP contribution is 2.43. The molecule has 0 aromatic carbocycles. The Morgan fingerprint density at radius 3 is 2.37 bits per heavy atom. The zero-order chi connectivity index (χ0) is 20.7. The van der Waals surface area contributed by atoms with Gasteiger partial charge < -0.3 is 25.4 Å². The van der Waals surface area contributed by atoms with Crippen LogP contribution in [0, 0.1) is 0 Å². The number of nitrogens with one attached hydrogen (secondary N) is 1. The molecule has 1 amide bonds. The van der Waals surface area contributed by atoms with E-state index in [-0.39, 0.29) is 25.7 Å². The van der Waals surface area contributed by atoms with Crippen LogP contribution >= 0.6 is 7.82 Å². The van der Waals surface area contributed by atoms with Gasteiger partial charge in [-0.2, -0.15) is 0 Å². The minimum Gasteiger partial charge on any atom is -0.462 e. The molecule has 0 aromatic heterocycles. The molecule has 0 heterocycles. The lowest BCUT2D eigenvalue weighted by Gasteiger charge is -2.18. The van der Waals surface area contributed by atoms with E-state index in [1.54, 1.807) is 0 Å². The number of phosphoric acid groups is 1. The van der Waals surface area contributed by atoms with Gasteiger partial charge in [0.2, 0.25) is 5.91 Å². The molecule has 0 bridgehead atoms. The lowest BCUT2D eigenvalue weighted by Crippen LogP contribution is -2.29. The zero-order valence-electron chi connectivity index (χ0n) is 15.7. The number of carbonyl (C=O) groups is 3. The molecule has 0 aromatic rings. The zero-order valence-corrected chi connectivity index (χ0v) is 16.6. The average Bonchev–Trinajstić information content (AvgIpc) is 2.57. The van der Waals surface area contributed by atoms with Gasteiger partial charge in [0, 0.05) is 26.8 Å². The molecular formula is C15H29N2O9P. The Morgan fingerprint density at radius 2 is 1.78 bits per heavy atom. The van der Waals surface area contributed by atoms with E-state index in [0.29, 0.717) is 19.4 Å². The van der Waals surface area contributed by atoms with Crippen LogP contribution in [0.4, 0.5) is 0 Å². The molecule has 0 spiro atoms. The lowest BCUT2D eigenvalue weighted by atomic mass is 10.2. The van der Waals surface area contributed by atoms with Gasteiger partial charge in [-0.15, -0.1) is 0 Å². The molecule has 1 unspecified atom stereocenters. The van der Waals surface area contributed by atoms with Gasteiger partial charge in [-0.25, -0.2) is 4.57 Å². The molecule has 0 aliphatic heterocycles. The number of rotatable bonds is 15. The average molecular weight is 412 g/mol. The summed E-state index contributed by atoms with van der Waals surface area (Å²) >= 11 is 0. The van der Waals surface area contributed by atoms with Crippen LogP contribution < -0.4 is 11.1 Å². The van der Waals surface area contributed by atoms with E-state index in [1.165, 1.54) is 0 Å². The van der Waals surface area contributed by atoms with Gasteiger partial charge >= 0.3 is 19.8 Å². The highest BCUT2D eigenvalue weighted by atomic mass is 31.2. The summed E-state index contributed by atoms with van der Waals surface area (Å²) in [6.07, 6.45) is 1.71. The van der Waals surface area contributed by atoms with E-state index < -0.39 is 32.5 Å². The molecule has 2 atom stereocenters. The summed E-state index contributed by atoms with van der Waals surface area (Å²) in [6, 6.07) is 0. The monoisotopic (exact) mass is 412 g/mol. The molecule has 158 valence electrons. The number of nitrogens with two attached hydrogens (primary N) is 1. The molecular weight excluding hydrogens is 383 g/mol. The number of unbranched alkanes of at least 4 members (excludes halogenated alkanes) is 2. The summed E-state index contributed by atoms with van der Waals surface area (Å²) in [5, 5.41) is 2.55. The molecule has 0 saturated heterocycles. The molecule has 4 N–H and O–H groups in total. The highest BCUT2D eigenvalue weighted by molar-refractivity contribution is 7.47. The smallest absolute Gasteiger partial charge is 0.462 e. The van der Waals surface area contributed by atoms with Crippen LogP contribution in [-0.4, -0.2) is 61.8 Å². The topological polar surface area (TPSA) is 163 Å². The number of phosphoric ester groups is 1. The van der Waals surface area contributed by atoms with Gasteiger partial charge in [-0.1, -0.05) is 6.42 Å². The third-order valence-electron chi connectivity index (χ3n) is 3.02. The third-order valence-corrected chi connectivity index (χ3v) is 4.00. The maximum atomic E-state index is 11.8. The normalized spacial score (nSPS) is 14.1. The fourth-order valence-corrected chi connectivity index (χ4v) is 2.57. The van der Waals surface area contributed by atoms with Gasteiger partial charge in [0.05, 0.1) is 13.2 Å². The number of carbonyl (C=O) groups excluding carboxylic acids is 3. The van der Waals surface area contributed by atoms with Crippen LogP contribution in [0.5, 0.6) is 0 Å². The first-order valence-electron chi connectivity index (χ1n) is 8.55. The summed E-state index contributed by atoms with van der Waals surface area (Å²) < 4.78 is 30.7. The Kier molecular flexibility index (Phi) is 13.7. The predicted molar refractivity (Wildman–Crippen MR) is 94.4 cm³/mol. The largest absolute Gasteiger partial charge is 0.472 e. The SMILES string of the molecule is CC(=O)OC[C@@H](COP(=O)(O)OCCNC(=O)CCCCCN)OC(C)=O. The number of hydrogen-bond donors (Lipinski definition) is 3. The first-order chi connectivity index (χ1) is 12.7. The molecule has 27 heavy (non-hydrogen) atoms. The summed E-state index contributed by atoms with van der Waals surface area (Å²) in [7, 11) is -4.42. The van der Waals surface area contributed by atoms with Crippen LogP contribution in [0.1, 0.15) is 39.5 Å². The Balaban J connectivity index is 4.08. The molecule has 11 nitrogen and oxygen atoms in total. The number of esters is 2. The van der Waals surface area contributed by atoms with E-state index in [2.05, 4.69) is 10.1 Å². The van der Waals surface area contributed by atoms with Crippen molar-refractivity contribution in [2.75, 3.05) is 32.9 Å². The van der Waals surface area contributed by atoms with E-state index >= 15 is 0 Å². The van der Waals surface area contributed by atoms with Crippen molar-refractivity contribution >= 4 is 25.7 Å². The second kappa shape index (κ2) is 14.5. The number of hydrogen-bond acceptors (Lipinski definition) is 9. The minimum absolute atomic E-state index is 0.0322. The second-order valence-corrected chi connectivity index (χ2v) is 7.03. The van der Waals surface area contributed by atoms with E-state index in [1.807, 2.05) is 0 Å². The quantitative estimate of drug-likeness (QED) is 0.193. The van der Waals surface area contributed by atoms with E-state index in [9.17, 15) is 23.8 Å². The molecule has 0 aliphatic carbocycles. The van der Waals surface area contributed by atoms with Crippen LogP contribution in [0.15, 0.2) is 0 Å². The maximum Gasteiger partial charge on any atom is 0.472 e. The van der Waals surface area contributed by atoms with Crippen molar-refractivity contribution in [3.05, 3.63) is 0 Å². The van der Waals surface area contributed by atoms with Crippen molar-refractivity contribution in [2.45, 2.75) is 45.6 Å². The van der Waals surface area contributed by atoms with Crippen molar-refractivity contribution in [1.29, 1.82) is 0 Å². The van der Waals surface area contributed by atoms with Crippen LogP contribution in [0.2, 0.25) is 0 Å². The Bertz CT molecular complexity index is 516. The highest BCUT2D eigenvalue weighted by Gasteiger charge is 2.25. The van der Waals surface area contributed by atoms with Crippen LogP contribution in [0.25, 0.3) is 0 Å². The maximum absolute atomic E-state index is 11.8. The first kappa shape index (κ1) is 25.5. The van der Waals surface area contributed by atoms with Crippen molar-refractivity contribution in [2.24, 2.45) is 5.73 Å². The molecule has 0 fully saturated rings. The summed E-state index contributed by atoms with van der Waals surface area (Å²) in [5.74, 6) is -1.46. The van der Waals surface area contributed by atoms with E-state index in [0.717, 1.165) is 26.7 Å². The summed E-state index contributed by atoms with van der Waals surface area (Å²) in [6.45, 7) is 1.84. The molecule has 0 radical (unpaired) electrons. The first-order valence-corrected chi connectivity index (χ1v) is 10.0. The summed E-state index contributed by atoms with van der Waals surface area (Å²) in [4.78, 5) is 42.9. The van der Waals surface area contributed by atoms with Crippen molar-refractivity contribution < 1.29 is 42.4 Å². The van der Waals surface area contributed by atoms with Crippen molar-refractivity contribution in [1.82, 2.24) is 5.32 Å². The molecule has 12 heteroatoms. The van der Waals surface area contributed by atoms with Gasteiger partial charge in [0.25, 0.3) is 0 Å². The van der Waals surface area contributed by atoms with Crippen LogP contribution in [-0.2, 0) is 37.5 Å². The fraction of sp³-hybridized carbons (Fsp3) is 0.800.